The quantitative estimate of drug-likeness (QED) is 0.694. The van der Waals surface area contributed by atoms with Crippen LogP contribution in [0.5, 0.6) is 5.75 Å². The maximum Gasteiger partial charge on any atom is 0.320 e. The summed E-state index contributed by atoms with van der Waals surface area (Å²) in [7, 11) is 0. The molecule has 1 aliphatic rings. The number of hydrazine groups is 1. The molecule has 0 aliphatic carbocycles. The number of halogens is 2. The molecule has 0 fully saturated rings. The van der Waals surface area contributed by atoms with E-state index in [0.717, 1.165) is 0 Å². The minimum atomic E-state index is -1.31. The number of benzene rings is 2. The molecule has 6 nitrogen and oxygen atoms in total. The molecule has 2 aromatic rings. The SMILES string of the molecule is O=C(O)C1C=C(c2ccc(O)cc2)N(Cc2ccc(Cl)cc2Cl)NC1=O. The van der Waals surface area contributed by atoms with Gasteiger partial charge in [-0.15, -0.1) is 0 Å². The lowest BCUT2D eigenvalue weighted by molar-refractivity contribution is -0.146. The molecule has 1 heterocycles. The van der Waals surface area contributed by atoms with Gasteiger partial charge in [-0.1, -0.05) is 29.3 Å². The van der Waals surface area contributed by atoms with Gasteiger partial charge in [0.25, 0.3) is 5.91 Å². The number of nitrogens with one attached hydrogen (secondary N) is 1. The Kier molecular flexibility index (Phi) is 5.06. The third kappa shape index (κ3) is 3.76. The van der Waals surface area contributed by atoms with Gasteiger partial charge in [0.05, 0.1) is 12.2 Å². The van der Waals surface area contributed by atoms with Crippen LogP contribution in [0.2, 0.25) is 10.0 Å². The third-order valence-corrected chi connectivity index (χ3v) is 4.50. The highest BCUT2D eigenvalue weighted by atomic mass is 35.5. The number of carboxylic acids is 1. The average Bonchev–Trinajstić information content (AvgIpc) is 2.58. The second-order valence-electron chi connectivity index (χ2n) is 5.71. The van der Waals surface area contributed by atoms with E-state index in [1.807, 2.05) is 0 Å². The molecule has 26 heavy (non-hydrogen) atoms. The van der Waals surface area contributed by atoms with Gasteiger partial charge in [0, 0.05) is 10.0 Å². The summed E-state index contributed by atoms with van der Waals surface area (Å²) >= 11 is 12.1. The molecule has 0 radical (unpaired) electrons. The standard InChI is InChI=1S/C18H14Cl2N2O4/c19-12-4-1-11(15(20)7-12)9-22-16(10-2-5-13(23)6-3-10)8-14(18(25)26)17(24)21-22/h1-8,14,23H,9H2,(H,21,24)(H,25,26). The highest BCUT2D eigenvalue weighted by Crippen LogP contribution is 2.29. The Balaban J connectivity index is 2.00. The lowest BCUT2D eigenvalue weighted by atomic mass is 10.0. The van der Waals surface area contributed by atoms with Crippen molar-refractivity contribution in [3.8, 4) is 5.75 Å². The number of carbonyl (C=O) groups excluding carboxylic acids is 1. The molecular formula is C18H14Cl2N2O4. The molecular weight excluding hydrogens is 379 g/mol. The molecule has 0 saturated heterocycles. The summed E-state index contributed by atoms with van der Waals surface area (Å²) in [6, 6.07) is 11.2. The molecule has 8 heteroatoms. The van der Waals surface area contributed by atoms with Crippen LogP contribution in [0.15, 0.2) is 48.5 Å². The maximum absolute atomic E-state index is 12.1. The highest BCUT2D eigenvalue weighted by molar-refractivity contribution is 6.35. The predicted octanol–water partition coefficient (Wildman–Crippen LogP) is 3.29. The number of aliphatic carboxylic acids is 1. The monoisotopic (exact) mass is 392 g/mol. The van der Waals surface area contributed by atoms with Crippen LogP contribution in [-0.4, -0.2) is 27.1 Å². The first-order chi connectivity index (χ1) is 12.3. The first-order valence-electron chi connectivity index (χ1n) is 7.61. The highest BCUT2D eigenvalue weighted by Gasteiger charge is 2.32. The molecule has 134 valence electrons. The number of nitrogens with zero attached hydrogens (tertiary/aromatic N) is 1. The Bertz CT molecular complexity index is 897. The molecule has 0 spiro atoms. The first kappa shape index (κ1) is 18.1. The molecule has 1 atom stereocenters. The summed E-state index contributed by atoms with van der Waals surface area (Å²) < 4.78 is 0. The number of rotatable bonds is 4. The van der Waals surface area contributed by atoms with Crippen molar-refractivity contribution in [1.29, 1.82) is 0 Å². The third-order valence-electron chi connectivity index (χ3n) is 3.92. The van der Waals surface area contributed by atoms with Crippen molar-refractivity contribution in [2.24, 2.45) is 5.92 Å². The molecule has 1 unspecified atom stereocenters. The normalized spacial score (nSPS) is 16.8. The van der Waals surface area contributed by atoms with Gasteiger partial charge >= 0.3 is 5.97 Å². The van der Waals surface area contributed by atoms with E-state index in [1.165, 1.54) is 23.2 Å². The fraction of sp³-hybridized carbons (Fsp3) is 0.111. The van der Waals surface area contributed by atoms with Crippen molar-refractivity contribution in [3.63, 3.8) is 0 Å². The Hall–Kier alpha value is -2.70. The number of hydrogen-bond donors (Lipinski definition) is 3. The number of phenolic OH excluding ortho intramolecular Hbond substituents is 1. The van der Waals surface area contributed by atoms with Crippen molar-refractivity contribution < 1.29 is 19.8 Å². The van der Waals surface area contributed by atoms with E-state index in [2.05, 4.69) is 5.43 Å². The smallest absolute Gasteiger partial charge is 0.320 e. The molecule has 1 aliphatic heterocycles. The van der Waals surface area contributed by atoms with Crippen LogP contribution in [0.1, 0.15) is 11.1 Å². The summed E-state index contributed by atoms with van der Waals surface area (Å²) in [4.78, 5) is 23.5. The lowest BCUT2D eigenvalue weighted by Crippen LogP contribution is -2.48. The lowest BCUT2D eigenvalue weighted by Gasteiger charge is -2.33. The van der Waals surface area contributed by atoms with Crippen LogP contribution in [0.3, 0.4) is 0 Å². The Labute approximate surface area is 159 Å². The van der Waals surface area contributed by atoms with Crippen LogP contribution in [-0.2, 0) is 16.1 Å². The fourth-order valence-corrected chi connectivity index (χ4v) is 3.07. The molecule has 0 saturated carbocycles. The van der Waals surface area contributed by atoms with Crippen molar-refractivity contribution in [2.45, 2.75) is 6.54 Å². The number of aromatic hydroxyl groups is 1. The minimum absolute atomic E-state index is 0.0799. The van der Waals surface area contributed by atoms with Gasteiger partial charge in [0.15, 0.2) is 5.92 Å². The van der Waals surface area contributed by atoms with Gasteiger partial charge < -0.3 is 10.2 Å². The number of amides is 1. The number of carboxylic acid groups (broad SMARTS) is 1. The van der Waals surface area contributed by atoms with E-state index in [0.29, 0.717) is 26.9 Å². The summed E-state index contributed by atoms with van der Waals surface area (Å²) in [6.45, 7) is 0.209. The van der Waals surface area contributed by atoms with E-state index >= 15 is 0 Å². The largest absolute Gasteiger partial charge is 0.508 e. The van der Waals surface area contributed by atoms with Crippen molar-refractivity contribution in [3.05, 3.63) is 69.7 Å². The Morgan fingerprint density at radius 3 is 2.46 bits per heavy atom. The molecule has 1 amide bonds. The summed E-state index contributed by atoms with van der Waals surface area (Å²) in [6.07, 6.45) is 1.37. The summed E-state index contributed by atoms with van der Waals surface area (Å²) in [5.41, 5.74) is 4.42. The zero-order valence-electron chi connectivity index (χ0n) is 13.3. The van der Waals surface area contributed by atoms with E-state index in [9.17, 15) is 19.8 Å². The van der Waals surface area contributed by atoms with Gasteiger partial charge in [0.2, 0.25) is 0 Å². The van der Waals surface area contributed by atoms with Gasteiger partial charge in [-0.05, 0) is 53.6 Å². The van der Waals surface area contributed by atoms with Gasteiger partial charge in [0.1, 0.15) is 5.75 Å². The van der Waals surface area contributed by atoms with Crippen LogP contribution in [0.4, 0.5) is 0 Å². The number of carbonyl (C=O) groups is 2. The molecule has 0 aromatic heterocycles. The molecule has 0 bridgehead atoms. The second kappa shape index (κ2) is 7.27. The predicted molar refractivity (Wildman–Crippen MR) is 97.4 cm³/mol. The van der Waals surface area contributed by atoms with E-state index in [4.69, 9.17) is 23.2 Å². The zero-order valence-corrected chi connectivity index (χ0v) is 14.8. The summed E-state index contributed by atoms with van der Waals surface area (Å²) in [5.74, 6) is -3.12. The Morgan fingerprint density at radius 2 is 1.85 bits per heavy atom. The van der Waals surface area contributed by atoms with Crippen LogP contribution in [0, 0.1) is 5.92 Å². The van der Waals surface area contributed by atoms with E-state index < -0.39 is 17.8 Å². The van der Waals surface area contributed by atoms with Crippen LogP contribution >= 0.6 is 23.2 Å². The average molecular weight is 393 g/mol. The van der Waals surface area contributed by atoms with Gasteiger partial charge in [-0.25, -0.2) is 0 Å². The summed E-state index contributed by atoms with van der Waals surface area (Å²) in [5, 5.41) is 21.2. The molecule has 3 N–H and O–H groups in total. The topological polar surface area (TPSA) is 89.9 Å². The number of hydrogen-bond acceptors (Lipinski definition) is 4. The number of phenols is 1. The van der Waals surface area contributed by atoms with Gasteiger partial charge in [-0.2, -0.15) is 0 Å². The molecule has 2 aromatic carbocycles. The van der Waals surface area contributed by atoms with Crippen molar-refractivity contribution >= 4 is 40.8 Å². The minimum Gasteiger partial charge on any atom is -0.508 e. The first-order valence-corrected chi connectivity index (χ1v) is 8.37. The van der Waals surface area contributed by atoms with Crippen LogP contribution in [0.25, 0.3) is 5.70 Å². The molecule has 3 rings (SSSR count). The zero-order chi connectivity index (χ0) is 18.8. The second-order valence-corrected chi connectivity index (χ2v) is 6.56. The van der Waals surface area contributed by atoms with Crippen LogP contribution < -0.4 is 5.43 Å². The van der Waals surface area contributed by atoms with Crippen molar-refractivity contribution in [1.82, 2.24) is 10.4 Å². The fourth-order valence-electron chi connectivity index (χ4n) is 2.60. The Morgan fingerprint density at radius 1 is 1.15 bits per heavy atom. The van der Waals surface area contributed by atoms with Gasteiger partial charge in [-0.3, -0.25) is 20.0 Å². The van der Waals surface area contributed by atoms with E-state index in [1.54, 1.807) is 30.3 Å². The van der Waals surface area contributed by atoms with Crippen molar-refractivity contribution in [2.75, 3.05) is 0 Å². The van der Waals surface area contributed by atoms with E-state index in [-0.39, 0.29) is 12.3 Å². The maximum atomic E-state index is 12.1.